The first-order valence-electron chi connectivity index (χ1n) is 10.9. The average Bonchev–Trinajstić information content (AvgIpc) is 3.22. The van der Waals surface area contributed by atoms with Gasteiger partial charge in [0.05, 0.1) is 51.3 Å². The quantitative estimate of drug-likeness (QED) is 0.451. The van der Waals surface area contributed by atoms with Crippen LogP contribution in [0.3, 0.4) is 0 Å². The van der Waals surface area contributed by atoms with E-state index in [0.717, 1.165) is 11.3 Å². The Bertz CT molecular complexity index is 1110. The Morgan fingerprint density at radius 1 is 1.06 bits per heavy atom. The lowest BCUT2D eigenvalue weighted by Crippen LogP contribution is -2.16. The number of benzene rings is 2. The summed E-state index contributed by atoms with van der Waals surface area (Å²) in [6.07, 6.45) is -0.120. The number of hydrogen-bond donors (Lipinski definition) is 2. The Hall–Kier alpha value is -3.52. The summed E-state index contributed by atoms with van der Waals surface area (Å²) in [5, 5.41) is 24.4. The number of aliphatic hydroxyl groups is 1. The molecule has 176 valence electrons. The van der Waals surface area contributed by atoms with Crippen molar-refractivity contribution >= 4 is 5.97 Å². The van der Waals surface area contributed by atoms with Gasteiger partial charge in [-0.1, -0.05) is 19.1 Å². The van der Waals surface area contributed by atoms with Gasteiger partial charge >= 0.3 is 5.97 Å². The van der Waals surface area contributed by atoms with Crippen LogP contribution in [0.15, 0.2) is 42.5 Å². The fourth-order valence-electron chi connectivity index (χ4n) is 3.67. The number of ether oxygens (including phenoxy) is 3. The van der Waals surface area contributed by atoms with E-state index in [0.29, 0.717) is 47.1 Å². The predicted octanol–water partition coefficient (Wildman–Crippen LogP) is 4.03. The van der Waals surface area contributed by atoms with Crippen molar-refractivity contribution in [2.75, 3.05) is 20.8 Å². The molecule has 8 heteroatoms. The molecular formula is C25H30N2O6. The third-order valence-corrected chi connectivity index (χ3v) is 5.29. The van der Waals surface area contributed by atoms with Crippen molar-refractivity contribution in [3.05, 3.63) is 48.0 Å². The van der Waals surface area contributed by atoms with Crippen LogP contribution < -0.4 is 14.2 Å². The first kappa shape index (κ1) is 24.1. The molecule has 8 nitrogen and oxygen atoms in total. The maximum absolute atomic E-state index is 11.3. The van der Waals surface area contributed by atoms with Gasteiger partial charge < -0.3 is 24.4 Å². The molecule has 0 saturated carbocycles. The fraction of sp³-hybridized carbons (Fsp3) is 0.360. The highest BCUT2D eigenvalue weighted by Crippen LogP contribution is 2.40. The lowest BCUT2D eigenvalue weighted by Gasteiger charge is -2.15. The van der Waals surface area contributed by atoms with Crippen LogP contribution in [-0.2, 0) is 17.8 Å². The van der Waals surface area contributed by atoms with E-state index in [1.165, 1.54) is 0 Å². The monoisotopic (exact) mass is 454 g/mol. The van der Waals surface area contributed by atoms with Crippen LogP contribution in [-0.4, -0.2) is 52.9 Å². The summed E-state index contributed by atoms with van der Waals surface area (Å²) in [7, 11) is 3.15. The molecule has 0 aliphatic rings. The Balaban J connectivity index is 2.21. The number of aliphatic hydroxyl groups excluding tert-OH is 1. The second-order valence-electron chi connectivity index (χ2n) is 7.53. The third kappa shape index (κ3) is 5.46. The van der Waals surface area contributed by atoms with E-state index >= 15 is 0 Å². The van der Waals surface area contributed by atoms with E-state index in [1.54, 1.807) is 37.1 Å². The minimum absolute atomic E-state index is 0.106. The number of hydrogen-bond acceptors (Lipinski definition) is 6. The number of rotatable bonds is 11. The van der Waals surface area contributed by atoms with Crippen LogP contribution in [0.1, 0.15) is 25.8 Å². The molecule has 2 aromatic carbocycles. The Morgan fingerprint density at radius 3 is 2.48 bits per heavy atom. The van der Waals surface area contributed by atoms with Gasteiger partial charge in [0.15, 0.2) is 11.5 Å². The van der Waals surface area contributed by atoms with Gasteiger partial charge in [-0.3, -0.25) is 9.48 Å². The van der Waals surface area contributed by atoms with Crippen LogP contribution in [0, 0.1) is 0 Å². The molecule has 0 bridgehead atoms. The van der Waals surface area contributed by atoms with E-state index in [4.69, 9.17) is 19.3 Å². The molecule has 0 aliphatic heterocycles. The summed E-state index contributed by atoms with van der Waals surface area (Å²) < 4.78 is 18.6. The van der Waals surface area contributed by atoms with Crippen molar-refractivity contribution < 1.29 is 29.2 Å². The molecule has 0 radical (unpaired) electrons. The third-order valence-electron chi connectivity index (χ3n) is 5.29. The summed E-state index contributed by atoms with van der Waals surface area (Å²) in [4.78, 5) is 11.3. The van der Waals surface area contributed by atoms with Crippen molar-refractivity contribution in [3.8, 4) is 39.8 Å². The van der Waals surface area contributed by atoms with Gasteiger partial charge in [0.1, 0.15) is 5.75 Å². The van der Waals surface area contributed by atoms with Crippen LogP contribution in [0.4, 0.5) is 0 Å². The Morgan fingerprint density at radius 2 is 1.85 bits per heavy atom. The summed E-state index contributed by atoms with van der Waals surface area (Å²) in [6, 6.07) is 12.8. The first-order valence-corrected chi connectivity index (χ1v) is 10.9. The van der Waals surface area contributed by atoms with Crippen molar-refractivity contribution in [2.24, 2.45) is 0 Å². The molecule has 1 aromatic heterocycles. The first-order chi connectivity index (χ1) is 15.9. The summed E-state index contributed by atoms with van der Waals surface area (Å²) in [6.45, 7) is 4.53. The number of aliphatic carboxylic acids is 1. The summed E-state index contributed by atoms with van der Waals surface area (Å²) in [5.41, 5.74) is 3.43. The number of carbonyl (C=O) groups is 1. The van der Waals surface area contributed by atoms with Gasteiger partial charge in [-0.05, 0) is 49.2 Å². The van der Waals surface area contributed by atoms with Crippen molar-refractivity contribution in [2.45, 2.75) is 39.3 Å². The number of nitrogens with zero attached hydrogens (tertiary/aromatic N) is 2. The fourth-order valence-corrected chi connectivity index (χ4v) is 3.67. The van der Waals surface area contributed by atoms with Gasteiger partial charge in [0.2, 0.25) is 0 Å². The largest absolute Gasteiger partial charge is 0.493 e. The smallest absolute Gasteiger partial charge is 0.307 e. The molecule has 33 heavy (non-hydrogen) atoms. The van der Waals surface area contributed by atoms with E-state index in [-0.39, 0.29) is 13.0 Å². The average molecular weight is 455 g/mol. The summed E-state index contributed by atoms with van der Waals surface area (Å²) in [5.74, 6) is 0.835. The zero-order valence-corrected chi connectivity index (χ0v) is 19.4. The van der Waals surface area contributed by atoms with Gasteiger partial charge in [0.25, 0.3) is 0 Å². The maximum Gasteiger partial charge on any atom is 0.307 e. The van der Waals surface area contributed by atoms with Crippen LogP contribution in [0.5, 0.6) is 17.2 Å². The molecule has 1 atom stereocenters. The van der Waals surface area contributed by atoms with Crippen molar-refractivity contribution in [1.29, 1.82) is 0 Å². The lowest BCUT2D eigenvalue weighted by molar-refractivity contribution is -0.136. The Kier molecular flexibility index (Phi) is 7.95. The number of methoxy groups -OCH3 is 2. The molecule has 3 rings (SSSR count). The number of aromatic nitrogens is 2. The molecule has 0 aliphatic carbocycles. The zero-order chi connectivity index (χ0) is 24.0. The number of para-hydroxylation sites is 1. The zero-order valence-electron chi connectivity index (χ0n) is 19.4. The maximum atomic E-state index is 11.3. The molecule has 0 saturated heterocycles. The topological polar surface area (TPSA) is 103 Å². The summed E-state index contributed by atoms with van der Waals surface area (Å²) >= 11 is 0. The molecule has 1 heterocycles. The normalized spacial score (nSPS) is 11.8. The van der Waals surface area contributed by atoms with E-state index in [1.807, 2.05) is 38.1 Å². The van der Waals surface area contributed by atoms with E-state index in [9.17, 15) is 15.0 Å². The molecule has 0 amide bonds. The highest BCUT2D eigenvalue weighted by molar-refractivity contribution is 5.78. The molecule has 2 N–H and O–H groups in total. The lowest BCUT2D eigenvalue weighted by atomic mass is 10.0. The minimum Gasteiger partial charge on any atom is -0.493 e. The van der Waals surface area contributed by atoms with E-state index < -0.39 is 12.1 Å². The molecule has 0 fully saturated rings. The van der Waals surface area contributed by atoms with Gasteiger partial charge in [-0.2, -0.15) is 5.10 Å². The molecule has 3 aromatic rings. The Labute approximate surface area is 193 Å². The van der Waals surface area contributed by atoms with Crippen LogP contribution >= 0.6 is 0 Å². The highest BCUT2D eigenvalue weighted by atomic mass is 16.5. The van der Waals surface area contributed by atoms with Crippen LogP contribution in [0.2, 0.25) is 0 Å². The SMILES string of the molecule is CCOc1ccc(CC(=O)O)cc1-c1cc(-c2cccc(OC)c2OC)n(C[C@@H](O)CC)n1. The standard InChI is InChI=1S/C25H30N2O6/c1-5-17(28)15-27-21(18-8-7-9-23(31-3)25(18)32-4)14-20(26-27)19-12-16(13-24(29)30)10-11-22(19)33-6-2/h7-12,14,17,28H,5-6,13,15H2,1-4H3,(H,29,30)/t17-/m0/s1. The predicted molar refractivity (Wildman–Crippen MR) is 125 cm³/mol. The minimum atomic E-state index is -0.913. The number of carboxylic acids is 1. The highest BCUT2D eigenvalue weighted by Gasteiger charge is 2.21. The second kappa shape index (κ2) is 10.9. The van der Waals surface area contributed by atoms with Crippen LogP contribution in [0.25, 0.3) is 22.5 Å². The van der Waals surface area contributed by atoms with Gasteiger partial charge in [0, 0.05) is 11.1 Å². The molecule has 0 unspecified atom stereocenters. The molecular weight excluding hydrogens is 424 g/mol. The van der Waals surface area contributed by atoms with Gasteiger partial charge in [-0.25, -0.2) is 0 Å². The van der Waals surface area contributed by atoms with E-state index in [2.05, 4.69) is 0 Å². The second-order valence-corrected chi connectivity index (χ2v) is 7.53. The van der Waals surface area contributed by atoms with Crippen molar-refractivity contribution in [1.82, 2.24) is 9.78 Å². The number of carboxylic acid groups (broad SMARTS) is 1. The van der Waals surface area contributed by atoms with Gasteiger partial charge in [-0.15, -0.1) is 0 Å². The van der Waals surface area contributed by atoms with Crippen molar-refractivity contribution in [3.63, 3.8) is 0 Å². The molecule has 0 spiro atoms.